The van der Waals surface area contributed by atoms with E-state index in [1.807, 2.05) is 11.8 Å². The van der Waals surface area contributed by atoms with Crippen LogP contribution in [0.1, 0.15) is 52.4 Å². The van der Waals surface area contributed by atoms with Crippen molar-refractivity contribution < 1.29 is 9.59 Å². The van der Waals surface area contributed by atoms with Crippen molar-refractivity contribution in [2.45, 2.75) is 58.4 Å². The lowest BCUT2D eigenvalue weighted by Crippen LogP contribution is -2.40. The first-order chi connectivity index (χ1) is 10.6. The molecule has 1 saturated heterocycles. The Kier molecular flexibility index (Phi) is 6.18. The van der Waals surface area contributed by atoms with E-state index in [-0.39, 0.29) is 23.5 Å². The van der Waals surface area contributed by atoms with Gasteiger partial charge in [0.25, 0.3) is 0 Å². The van der Waals surface area contributed by atoms with Gasteiger partial charge in [-0.1, -0.05) is 20.4 Å². The number of likely N-dealkylation sites (tertiary alicyclic amines) is 1. The SMILES string of the molecule is C=C(CC)C(=O)[C@@H]1CCN(C(=O)C2CCC(NCC)CC2)C1. The quantitative estimate of drug-likeness (QED) is 0.767. The van der Waals surface area contributed by atoms with Crippen LogP contribution in [0.4, 0.5) is 0 Å². The fourth-order valence-corrected chi connectivity index (χ4v) is 3.73. The molecule has 1 saturated carbocycles. The molecule has 2 rings (SSSR count). The molecule has 124 valence electrons. The van der Waals surface area contributed by atoms with Gasteiger partial charge in [0.15, 0.2) is 5.78 Å². The molecule has 1 N–H and O–H groups in total. The molecule has 0 radical (unpaired) electrons. The lowest BCUT2D eigenvalue weighted by atomic mass is 9.85. The number of nitrogens with one attached hydrogen (secondary N) is 1. The topological polar surface area (TPSA) is 49.4 Å². The number of hydrogen-bond acceptors (Lipinski definition) is 3. The Labute approximate surface area is 134 Å². The number of Topliss-reactive ketones (excluding diaryl/α,β-unsaturated/α-hetero) is 1. The fourth-order valence-electron chi connectivity index (χ4n) is 3.73. The van der Waals surface area contributed by atoms with Gasteiger partial charge in [-0.2, -0.15) is 0 Å². The van der Waals surface area contributed by atoms with Gasteiger partial charge in [0, 0.05) is 31.0 Å². The van der Waals surface area contributed by atoms with Crippen molar-refractivity contribution in [3.63, 3.8) is 0 Å². The second-order valence-corrected chi connectivity index (χ2v) is 6.70. The second kappa shape index (κ2) is 7.91. The summed E-state index contributed by atoms with van der Waals surface area (Å²) in [4.78, 5) is 26.8. The van der Waals surface area contributed by atoms with Crippen LogP contribution in [0.2, 0.25) is 0 Å². The molecule has 0 unspecified atom stereocenters. The Bertz CT molecular complexity index is 425. The molecular formula is C18H30N2O2. The summed E-state index contributed by atoms with van der Waals surface area (Å²) in [6, 6.07) is 0.579. The van der Waals surface area contributed by atoms with Gasteiger partial charge < -0.3 is 10.2 Å². The van der Waals surface area contributed by atoms with Gasteiger partial charge in [0.2, 0.25) is 5.91 Å². The number of amides is 1. The van der Waals surface area contributed by atoms with Gasteiger partial charge >= 0.3 is 0 Å². The van der Waals surface area contributed by atoms with Crippen LogP contribution in [0.25, 0.3) is 0 Å². The standard InChI is InChI=1S/C18H30N2O2/c1-4-13(3)17(21)15-10-11-20(12-15)18(22)14-6-8-16(9-7-14)19-5-2/h14-16,19H,3-12H2,1-2H3/t14?,15-,16?/m1/s1. The van der Waals surface area contributed by atoms with Gasteiger partial charge in [-0.25, -0.2) is 0 Å². The molecule has 1 heterocycles. The van der Waals surface area contributed by atoms with Crippen molar-refractivity contribution in [1.29, 1.82) is 0 Å². The number of nitrogens with zero attached hydrogens (tertiary/aromatic N) is 1. The van der Waals surface area contributed by atoms with E-state index < -0.39 is 0 Å². The molecule has 4 heteroatoms. The molecule has 2 aliphatic rings. The zero-order valence-corrected chi connectivity index (χ0v) is 14.1. The van der Waals surface area contributed by atoms with Crippen LogP contribution in [0.3, 0.4) is 0 Å². The molecular weight excluding hydrogens is 276 g/mol. The lowest BCUT2D eigenvalue weighted by Gasteiger charge is -2.30. The highest BCUT2D eigenvalue weighted by molar-refractivity contribution is 5.97. The first-order valence-electron chi connectivity index (χ1n) is 8.80. The van der Waals surface area contributed by atoms with Gasteiger partial charge in [0.1, 0.15) is 0 Å². The highest BCUT2D eigenvalue weighted by Gasteiger charge is 2.35. The molecule has 1 aliphatic heterocycles. The van der Waals surface area contributed by atoms with Crippen LogP contribution in [0.15, 0.2) is 12.2 Å². The van der Waals surface area contributed by atoms with Crippen molar-refractivity contribution in [3.05, 3.63) is 12.2 Å². The number of carbonyl (C=O) groups is 2. The normalized spacial score (nSPS) is 28.6. The van der Waals surface area contributed by atoms with E-state index in [2.05, 4.69) is 18.8 Å². The third-order valence-corrected chi connectivity index (χ3v) is 5.22. The third kappa shape index (κ3) is 3.97. The Morgan fingerprint density at radius 2 is 1.77 bits per heavy atom. The molecule has 22 heavy (non-hydrogen) atoms. The average molecular weight is 306 g/mol. The van der Waals surface area contributed by atoms with E-state index in [9.17, 15) is 9.59 Å². The molecule has 4 nitrogen and oxygen atoms in total. The maximum Gasteiger partial charge on any atom is 0.225 e. The molecule has 0 aromatic rings. The highest BCUT2D eigenvalue weighted by Crippen LogP contribution is 2.29. The summed E-state index contributed by atoms with van der Waals surface area (Å²) < 4.78 is 0. The van der Waals surface area contributed by atoms with Crippen LogP contribution in [0.5, 0.6) is 0 Å². The Hall–Kier alpha value is -1.16. The summed E-state index contributed by atoms with van der Waals surface area (Å²) in [7, 11) is 0. The Balaban J connectivity index is 1.82. The summed E-state index contributed by atoms with van der Waals surface area (Å²) in [6.07, 6.45) is 5.65. The molecule has 1 amide bonds. The summed E-state index contributed by atoms with van der Waals surface area (Å²) in [6.45, 7) is 10.3. The molecule has 0 bridgehead atoms. The molecule has 0 spiro atoms. The van der Waals surface area contributed by atoms with Crippen molar-refractivity contribution >= 4 is 11.7 Å². The number of allylic oxidation sites excluding steroid dienone is 1. The third-order valence-electron chi connectivity index (χ3n) is 5.22. The summed E-state index contributed by atoms with van der Waals surface area (Å²) in [5.41, 5.74) is 0.699. The van der Waals surface area contributed by atoms with E-state index in [4.69, 9.17) is 0 Å². The minimum atomic E-state index is -0.0190. The predicted octanol–water partition coefficient (Wildman–Crippen LogP) is 2.54. The van der Waals surface area contributed by atoms with Crippen molar-refractivity contribution in [2.24, 2.45) is 11.8 Å². The fraction of sp³-hybridized carbons (Fsp3) is 0.778. The number of carbonyl (C=O) groups excluding carboxylic acids is 2. The maximum absolute atomic E-state index is 12.6. The average Bonchev–Trinajstić information content (AvgIpc) is 3.03. The minimum Gasteiger partial charge on any atom is -0.342 e. The Morgan fingerprint density at radius 1 is 1.09 bits per heavy atom. The molecule has 2 fully saturated rings. The van der Waals surface area contributed by atoms with Crippen molar-refractivity contribution in [2.75, 3.05) is 19.6 Å². The maximum atomic E-state index is 12.6. The summed E-state index contributed by atoms with van der Waals surface area (Å²) >= 11 is 0. The van der Waals surface area contributed by atoms with Gasteiger partial charge in [-0.05, 0) is 50.6 Å². The number of hydrogen-bond donors (Lipinski definition) is 1. The van der Waals surface area contributed by atoms with Gasteiger partial charge in [-0.3, -0.25) is 9.59 Å². The molecule has 1 aliphatic carbocycles. The summed E-state index contributed by atoms with van der Waals surface area (Å²) in [5, 5.41) is 3.48. The second-order valence-electron chi connectivity index (χ2n) is 6.70. The van der Waals surface area contributed by atoms with Gasteiger partial charge in [-0.15, -0.1) is 0 Å². The van der Waals surface area contributed by atoms with E-state index >= 15 is 0 Å². The van der Waals surface area contributed by atoms with E-state index in [0.717, 1.165) is 45.2 Å². The smallest absolute Gasteiger partial charge is 0.225 e. The predicted molar refractivity (Wildman–Crippen MR) is 88.5 cm³/mol. The zero-order chi connectivity index (χ0) is 16.1. The highest BCUT2D eigenvalue weighted by atomic mass is 16.2. The van der Waals surface area contributed by atoms with E-state index in [1.165, 1.54) is 0 Å². The largest absolute Gasteiger partial charge is 0.342 e. The van der Waals surface area contributed by atoms with Crippen LogP contribution in [0, 0.1) is 11.8 Å². The molecule has 0 aromatic carbocycles. The van der Waals surface area contributed by atoms with Crippen molar-refractivity contribution in [1.82, 2.24) is 10.2 Å². The first-order valence-corrected chi connectivity index (χ1v) is 8.80. The van der Waals surface area contributed by atoms with Crippen LogP contribution in [-0.2, 0) is 9.59 Å². The minimum absolute atomic E-state index is 0.0190. The Morgan fingerprint density at radius 3 is 2.36 bits per heavy atom. The first kappa shape index (κ1) is 17.2. The van der Waals surface area contributed by atoms with Crippen molar-refractivity contribution in [3.8, 4) is 0 Å². The van der Waals surface area contributed by atoms with E-state index in [1.54, 1.807) is 0 Å². The van der Waals surface area contributed by atoms with Crippen LogP contribution < -0.4 is 5.32 Å². The molecule has 1 atom stereocenters. The molecule has 0 aromatic heterocycles. The van der Waals surface area contributed by atoms with Crippen LogP contribution >= 0.6 is 0 Å². The van der Waals surface area contributed by atoms with Gasteiger partial charge in [0.05, 0.1) is 0 Å². The number of rotatable bonds is 6. The van der Waals surface area contributed by atoms with E-state index in [0.29, 0.717) is 24.6 Å². The zero-order valence-electron chi connectivity index (χ0n) is 14.1. The van der Waals surface area contributed by atoms with Crippen LogP contribution in [-0.4, -0.2) is 42.3 Å². The lowest BCUT2D eigenvalue weighted by molar-refractivity contribution is -0.135. The summed E-state index contributed by atoms with van der Waals surface area (Å²) in [5.74, 6) is 0.577. The number of ketones is 1. The monoisotopic (exact) mass is 306 g/mol.